The first-order valence-electron chi connectivity index (χ1n) is 13.0. The van der Waals surface area contributed by atoms with Gasteiger partial charge in [-0.25, -0.2) is 8.42 Å². The van der Waals surface area contributed by atoms with Crippen molar-refractivity contribution in [2.75, 3.05) is 19.6 Å². The maximum Gasteiger partial charge on any atom is 0.243 e. The van der Waals surface area contributed by atoms with Crippen LogP contribution < -0.4 is 16.4 Å². The van der Waals surface area contributed by atoms with Crippen LogP contribution in [0.3, 0.4) is 0 Å². The lowest BCUT2D eigenvalue weighted by molar-refractivity contribution is -0.126. The van der Waals surface area contributed by atoms with E-state index in [1.165, 1.54) is 9.87 Å². The van der Waals surface area contributed by atoms with Crippen LogP contribution in [0.2, 0.25) is 0 Å². The highest BCUT2D eigenvalue weighted by Crippen LogP contribution is 2.29. The molecule has 4 N–H and O–H groups in total. The number of rotatable bonds is 10. The number of piperidine rings is 1. The van der Waals surface area contributed by atoms with Crippen LogP contribution in [0.25, 0.3) is 0 Å². The van der Waals surface area contributed by atoms with Gasteiger partial charge in [0.25, 0.3) is 0 Å². The van der Waals surface area contributed by atoms with E-state index in [0.717, 1.165) is 11.1 Å². The van der Waals surface area contributed by atoms with Crippen LogP contribution in [0.4, 0.5) is 0 Å². The number of carbonyl (C=O) groups is 2. The van der Waals surface area contributed by atoms with Crippen molar-refractivity contribution >= 4 is 21.8 Å². The van der Waals surface area contributed by atoms with E-state index in [4.69, 9.17) is 5.73 Å². The SMILES string of the molecule is CC(C)c1ccc(CNC(=O)[C@H]2C[C@H](CNC(=O)CN)CCN2S(=O)(=O)c2ccc(C(C)C)cc2)cc1. The van der Waals surface area contributed by atoms with E-state index in [0.29, 0.717) is 31.8 Å². The number of carbonyl (C=O) groups excluding carboxylic acids is 2. The summed E-state index contributed by atoms with van der Waals surface area (Å²) in [7, 11) is -3.89. The summed E-state index contributed by atoms with van der Waals surface area (Å²) in [6.07, 6.45) is 0.848. The Morgan fingerprint density at radius 2 is 1.51 bits per heavy atom. The van der Waals surface area contributed by atoms with Crippen LogP contribution in [0.1, 0.15) is 69.1 Å². The second kappa shape index (κ2) is 12.7. The molecule has 8 nitrogen and oxygen atoms in total. The highest BCUT2D eigenvalue weighted by Gasteiger charge is 2.40. The summed E-state index contributed by atoms with van der Waals surface area (Å²) in [5, 5.41) is 5.71. The summed E-state index contributed by atoms with van der Waals surface area (Å²) in [4.78, 5) is 25.2. The van der Waals surface area contributed by atoms with Gasteiger partial charge in [0.05, 0.1) is 11.4 Å². The fourth-order valence-electron chi connectivity index (χ4n) is 4.55. The Bertz CT molecular complexity index is 1160. The quantitative estimate of drug-likeness (QED) is 0.438. The molecule has 0 radical (unpaired) electrons. The van der Waals surface area contributed by atoms with Crippen LogP contribution in [-0.4, -0.2) is 50.2 Å². The van der Waals surface area contributed by atoms with E-state index >= 15 is 0 Å². The van der Waals surface area contributed by atoms with Gasteiger partial charge in [0.1, 0.15) is 6.04 Å². The number of nitrogens with zero attached hydrogens (tertiary/aromatic N) is 1. The fourth-order valence-corrected chi connectivity index (χ4v) is 6.16. The number of nitrogens with one attached hydrogen (secondary N) is 2. The lowest BCUT2D eigenvalue weighted by atomic mass is 9.91. The van der Waals surface area contributed by atoms with Crippen molar-refractivity contribution < 1.29 is 18.0 Å². The molecule has 37 heavy (non-hydrogen) atoms. The van der Waals surface area contributed by atoms with Gasteiger partial charge in [-0.05, 0) is 59.4 Å². The molecule has 2 aromatic carbocycles. The molecule has 2 atom stereocenters. The lowest BCUT2D eigenvalue weighted by Gasteiger charge is -2.37. The molecule has 0 aromatic heterocycles. The van der Waals surface area contributed by atoms with E-state index in [1.807, 2.05) is 36.4 Å². The first kappa shape index (κ1) is 28.8. The van der Waals surface area contributed by atoms with Gasteiger partial charge >= 0.3 is 0 Å². The predicted octanol–water partition coefficient (Wildman–Crippen LogP) is 3.09. The number of benzene rings is 2. The lowest BCUT2D eigenvalue weighted by Crippen LogP contribution is -2.54. The molecule has 1 aliphatic heterocycles. The molecule has 9 heteroatoms. The molecule has 3 rings (SSSR count). The molecule has 1 heterocycles. The van der Waals surface area contributed by atoms with Crippen molar-refractivity contribution in [2.45, 2.75) is 69.9 Å². The molecular weight excluding hydrogens is 488 g/mol. The van der Waals surface area contributed by atoms with E-state index in [1.54, 1.807) is 12.1 Å². The molecule has 0 aliphatic carbocycles. The molecular formula is C28H40N4O4S. The third kappa shape index (κ3) is 7.40. The maximum atomic E-state index is 13.6. The molecule has 2 amide bonds. The largest absolute Gasteiger partial charge is 0.355 e. The van der Waals surface area contributed by atoms with Gasteiger partial charge in [-0.1, -0.05) is 64.1 Å². The summed E-state index contributed by atoms with van der Waals surface area (Å²) >= 11 is 0. The third-order valence-corrected chi connectivity index (χ3v) is 8.93. The standard InChI is InChI=1S/C28H40N4O4S/c1-19(2)23-7-5-21(6-8-23)17-31-28(34)26-15-22(18-30-27(33)16-29)13-14-32(26)37(35,36)25-11-9-24(10-12-25)20(3)4/h5-12,19-20,22,26H,13-18,29H2,1-4H3,(H,30,33)(H,31,34)/t22-,26-/m1/s1. The summed E-state index contributed by atoms with van der Waals surface area (Å²) < 4.78 is 28.6. The molecule has 0 saturated carbocycles. The Kier molecular flexibility index (Phi) is 9.87. The number of sulfonamides is 1. The average Bonchev–Trinajstić information content (AvgIpc) is 2.90. The van der Waals surface area contributed by atoms with Crippen molar-refractivity contribution in [2.24, 2.45) is 11.7 Å². The summed E-state index contributed by atoms with van der Waals surface area (Å²) in [6.45, 7) is 9.09. The molecule has 1 aliphatic rings. The fraction of sp³-hybridized carbons (Fsp3) is 0.500. The Morgan fingerprint density at radius 1 is 0.946 bits per heavy atom. The first-order valence-corrected chi connectivity index (χ1v) is 14.4. The number of hydrogen-bond donors (Lipinski definition) is 3. The van der Waals surface area contributed by atoms with Crippen molar-refractivity contribution in [1.82, 2.24) is 14.9 Å². The molecule has 2 aromatic rings. The third-order valence-electron chi connectivity index (χ3n) is 7.00. The topological polar surface area (TPSA) is 122 Å². The smallest absolute Gasteiger partial charge is 0.243 e. The van der Waals surface area contributed by atoms with E-state index < -0.39 is 16.1 Å². The predicted molar refractivity (Wildman–Crippen MR) is 145 cm³/mol. The molecule has 0 spiro atoms. The van der Waals surface area contributed by atoms with Crippen molar-refractivity contribution in [3.8, 4) is 0 Å². The average molecular weight is 529 g/mol. The van der Waals surface area contributed by atoms with Gasteiger partial charge in [0.2, 0.25) is 21.8 Å². The van der Waals surface area contributed by atoms with Crippen LogP contribution >= 0.6 is 0 Å². The number of amides is 2. The van der Waals surface area contributed by atoms with E-state index in [9.17, 15) is 18.0 Å². The zero-order valence-electron chi connectivity index (χ0n) is 22.2. The monoisotopic (exact) mass is 528 g/mol. The Balaban J connectivity index is 1.79. The maximum absolute atomic E-state index is 13.6. The van der Waals surface area contributed by atoms with Gasteiger partial charge in [0, 0.05) is 19.6 Å². The Morgan fingerprint density at radius 3 is 2.05 bits per heavy atom. The van der Waals surface area contributed by atoms with E-state index in [-0.39, 0.29) is 41.6 Å². The molecule has 0 unspecified atom stereocenters. The molecule has 0 bridgehead atoms. The highest BCUT2D eigenvalue weighted by atomic mass is 32.2. The number of hydrogen-bond acceptors (Lipinski definition) is 5. The van der Waals surface area contributed by atoms with Gasteiger partial charge in [0.15, 0.2) is 0 Å². The van der Waals surface area contributed by atoms with Crippen LogP contribution in [0.15, 0.2) is 53.4 Å². The molecule has 202 valence electrons. The van der Waals surface area contributed by atoms with Crippen LogP contribution in [0.5, 0.6) is 0 Å². The van der Waals surface area contributed by atoms with Gasteiger partial charge < -0.3 is 16.4 Å². The summed E-state index contributed by atoms with van der Waals surface area (Å²) in [6, 6.07) is 14.0. The Labute approximate surface area is 221 Å². The second-order valence-electron chi connectivity index (χ2n) is 10.4. The van der Waals surface area contributed by atoms with Crippen LogP contribution in [-0.2, 0) is 26.2 Å². The van der Waals surface area contributed by atoms with Gasteiger partial charge in [-0.15, -0.1) is 0 Å². The zero-order chi connectivity index (χ0) is 27.2. The van der Waals surface area contributed by atoms with Gasteiger partial charge in [-0.3, -0.25) is 9.59 Å². The molecule has 1 fully saturated rings. The van der Waals surface area contributed by atoms with Crippen LogP contribution in [0, 0.1) is 5.92 Å². The molecule has 1 saturated heterocycles. The second-order valence-corrected chi connectivity index (χ2v) is 12.3. The van der Waals surface area contributed by atoms with Crippen molar-refractivity contribution in [3.63, 3.8) is 0 Å². The van der Waals surface area contributed by atoms with Crippen molar-refractivity contribution in [1.29, 1.82) is 0 Å². The normalized spacial score (nSPS) is 18.7. The highest BCUT2D eigenvalue weighted by molar-refractivity contribution is 7.89. The summed E-state index contributed by atoms with van der Waals surface area (Å²) in [5.41, 5.74) is 8.60. The minimum atomic E-state index is -3.89. The summed E-state index contributed by atoms with van der Waals surface area (Å²) in [5.74, 6) is 0.0444. The minimum absolute atomic E-state index is 0.0358. The van der Waals surface area contributed by atoms with E-state index in [2.05, 4.69) is 38.3 Å². The number of nitrogens with two attached hydrogens (primary N) is 1. The zero-order valence-corrected chi connectivity index (χ0v) is 23.1. The van der Waals surface area contributed by atoms with Gasteiger partial charge in [-0.2, -0.15) is 4.31 Å². The minimum Gasteiger partial charge on any atom is -0.355 e. The van der Waals surface area contributed by atoms with Crippen molar-refractivity contribution in [3.05, 3.63) is 65.2 Å². The first-order chi connectivity index (χ1) is 17.5. The Hall–Kier alpha value is -2.75.